The molecule has 0 aromatic heterocycles. The maximum atomic E-state index is 3.83. The van der Waals surface area contributed by atoms with Gasteiger partial charge in [0.25, 0.3) is 0 Å². The summed E-state index contributed by atoms with van der Waals surface area (Å²) in [5.74, 6) is 0.809. The molecular formula is C13H27NS. The first-order valence-electron chi connectivity index (χ1n) is 6.42. The van der Waals surface area contributed by atoms with Gasteiger partial charge in [0, 0.05) is 17.3 Å². The van der Waals surface area contributed by atoms with Gasteiger partial charge in [0.15, 0.2) is 0 Å². The summed E-state index contributed by atoms with van der Waals surface area (Å²) in [6.45, 7) is 6.96. The molecule has 1 aliphatic rings. The third kappa shape index (κ3) is 4.78. The Morgan fingerprint density at radius 2 is 1.87 bits per heavy atom. The summed E-state index contributed by atoms with van der Waals surface area (Å²) >= 11 is 2.05. The number of nitrogens with one attached hydrogen (secondary N) is 1. The van der Waals surface area contributed by atoms with E-state index in [2.05, 4.69) is 44.1 Å². The smallest absolute Gasteiger partial charge is 0.0198 e. The molecule has 0 aliphatic heterocycles. The molecule has 0 aromatic carbocycles. The van der Waals surface area contributed by atoms with Crippen LogP contribution in [0.4, 0.5) is 0 Å². The Hall–Kier alpha value is 0.310. The second-order valence-corrected chi connectivity index (χ2v) is 6.44. The zero-order valence-corrected chi connectivity index (χ0v) is 11.6. The molecule has 90 valence electrons. The van der Waals surface area contributed by atoms with Crippen molar-refractivity contribution in [3.63, 3.8) is 0 Å². The van der Waals surface area contributed by atoms with Crippen molar-refractivity contribution in [1.82, 2.24) is 5.32 Å². The second-order valence-electron chi connectivity index (χ2n) is 5.36. The van der Waals surface area contributed by atoms with Crippen molar-refractivity contribution in [3.05, 3.63) is 0 Å². The molecule has 1 N–H and O–H groups in total. The first-order chi connectivity index (χ1) is 7.13. The minimum Gasteiger partial charge on any atom is -0.310 e. The van der Waals surface area contributed by atoms with E-state index in [1.807, 2.05) is 0 Å². The zero-order valence-electron chi connectivity index (χ0n) is 10.8. The van der Waals surface area contributed by atoms with Crippen molar-refractivity contribution in [2.75, 3.05) is 6.26 Å². The Labute approximate surface area is 99.8 Å². The van der Waals surface area contributed by atoms with Gasteiger partial charge in [-0.05, 0) is 38.4 Å². The minimum atomic E-state index is 0.683. The van der Waals surface area contributed by atoms with Gasteiger partial charge in [-0.25, -0.2) is 0 Å². The quantitative estimate of drug-likeness (QED) is 0.772. The van der Waals surface area contributed by atoms with Crippen LogP contribution >= 0.6 is 11.8 Å². The Kier molecular flexibility index (Phi) is 6.06. The summed E-state index contributed by atoms with van der Waals surface area (Å²) in [7, 11) is 0. The first-order valence-corrected chi connectivity index (χ1v) is 7.71. The lowest BCUT2D eigenvalue weighted by molar-refractivity contribution is 0.329. The fourth-order valence-corrected chi connectivity index (χ4v) is 3.66. The normalized spacial score (nSPS) is 29.4. The average molecular weight is 229 g/mol. The van der Waals surface area contributed by atoms with Crippen molar-refractivity contribution in [2.45, 2.75) is 70.2 Å². The molecule has 0 saturated heterocycles. The van der Waals surface area contributed by atoms with Gasteiger partial charge in [-0.2, -0.15) is 11.8 Å². The van der Waals surface area contributed by atoms with Gasteiger partial charge in [0.1, 0.15) is 0 Å². The van der Waals surface area contributed by atoms with Crippen LogP contribution in [0.1, 0.15) is 52.9 Å². The standard InChI is InChI=1S/C13H27NS/c1-10(2)9-11(3)14-12-7-5-6-8-13(12)15-4/h10-14H,5-9H2,1-4H3. The minimum absolute atomic E-state index is 0.683. The van der Waals surface area contributed by atoms with Gasteiger partial charge in [-0.15, -0.1) is 0 Å². The molecule has 1 rings (SSSR count). The Morgan fingerprint density at radius 3 is 2.47 bits per heavy atom. The van der Waals surface area contributed by atoms with Gasteiger partial charge in [0.05, 0.1) is 0 Å². The average Bonchev–Trinajstić information content (AvgIpc) is 2.17. The second kappa shape index (κ2) is 6.80. The molecular weight excluding hydrogens is 202 g/mol. The van der Waals surface area contributed by atoms with Crippen LogP contribution < -0.4 is 5.32 Å². The molecule has 2 heteroatoms. The molecule has 0 bridgehead atoms. The fraction of sp³-hybridized carbons (Fsp3) is 1.00. The van der Waals surface area contributed by atoms with Crippen molar-refractivity contribution in [3.8, 4) is 0 Å². The monoisotopic (exact) mass is 229 g/mol. The molecule has 15 heavy (non-hydrogen) atoms. The Bertz CT molecular complexity index is 170. The zero-order chi connectivity index (χ0) is 11.3. The lowest BCUT2D eigenvalue weighted by Gasteiger charge is -2.33. The maximum absolute atomic E-state index is 3.83. The van der Waals surface area contributed by atoms with E-state index < -0.39 is 0 Å². The van der Waals surface area contributed by atoms with E-state index in [-0.39, 0.29) is 0 Å². The van der Waals surface area contributed by atoms with Gasteiger partial charge in [-0.1, -0.05) is 26.7 Å². The van der Waals surface area contributed by atoms with E-state index in [1.54, 1.807) is 0 Å². The molecule has 0 radical (unpaired) electrons. The van der Waals surface area contributed by atoms with E-state index in [1.165, 1.54) is 32.1 Å². The van der Waals surface area contributed by atoms with E-state index in [0.29, 0.717) is 6.04 Å². The van der Waals surface area contributed by atoms with E-state index >= 15 is 0 Å². The van der Waals surface area contributed by atoms with Crippen LogP contribution in [0.15, 0.2) is 0 Å². The molecule has 1 aliphatic carbocycles. The fourth-order valence-electron chi connectivity index (χ4n) is 2.71. The van der Waals surface area contributed by atoms with Crippen molar-refractivity contribution >= 4 is 11.8 Å². The van der Waals surface area contributed by atoms with Crippen LogP contribution in [0.3, 0.4) is 0 Å². The number of rotatable bonds is 5. The van der Waals surface area contributed by atoms with E-state index in [9.17, 15) is 0 Å². The van der Waals surface area contributed by atoms with Gasteiger partial charge < -0.3 is 5.32 Å². The Morgan fingerprint density at radius 1 is 1.20 bits per heavy atom. The molecule has 0 heterocycles. The third-order valence-electron chi connectivity index (χ3n) is 3.33. The van der Waals surface area contributed by atoms with E-state index in [4.69, 9.17) is 0 Å². The number of hydrogen-bond acceptors (Lipinski definition) is 2. The lowest BCUT2D eigenvalue weighted by atomic mass is 9.93. The largest absolute Gasteiger partial charge is 0.310 e. The van der Waals surface area contributed by atoms with Crippen molar-refractivity contribution in [2.24, 2.45) is 5.92 Å². The highest BCUT2D eigenvalue weighted by Gasteiger charge is 2.25. The molecule has 3 atom stereocenters. The van der Waals surface area contributed by atoms with Gasteiger partial charge in [-0.3, -0.25) is 0 Å². The van der Waals surface area contributed by atoms with Crippen LogP contribution in [0, 0.1) is 5.92 Å². The van der Waals surface area contributed by atoms with Crippen molar-refractivity contribution < 1.29 is 0 Å². The van der Waals surface area contributed by atoms with Gasteiger partial charge >= 0.3 is 0 Å². The summed E-state index contributed by atoms with van der Waals surface area (Å²) < 4.78 is 0. The van der Waals surface area contributed by atoms with Crippen LogP contribution in [0.2, 0.25) is 0 Å². The topological polar surface area (TPSA) is 12.0 Å². The SMILES string of the molecule is CSC1CCCCC1NC(C)CC(C)C. The van der Waals surface area contributed by atoms with Crippen molar-refractivity contribution in [1.29, 1.82) is 0 Å². The number of thioether (sulfide) groups is 1. The summed E-state index contributed by atoms with van der Waals surface area (Å²) in [5, 5.41) is 4.69. The summed E-state index contributed by atoms with van der Waals surface area (Å²) in [4.78, 5) is 0. The highest BCUT2D eigenvalue weighted by atomic mass is 32.2. The van der Waals surface area contributed by atoms with E-state index in [0.717, 1.165) is 17.2 Å². The number of hydrogen-bond donors (Lipinski definition) is 1. The molecule has 1 saturated carbocycles. The molecule has 1 fully saturated rings. The van der Waals surface area contributed by atoms with Crippen LogP contribution in [-0.4, -0.2) is 23.6 Å². The summed E-state index contributed by atoms with van der Waals surface area (Å²) in [6, 6.07) is 1.45. The molecule has 0 spiro atoms. The maximum Gasteiger partial charge on any atom is 0.0198 e. The Balaban J connectivity index is 2.33. The molecule has 3 unspecified atom stereocenters. The lowest BCUT2D eigenvalue weighted by Crippen LogP contribution is -2.45. The summed E-state index contributed by atoms with van der Waals surface area (Å²) in [6.07, 6.45) is 9.21. The highest BCUT2D eigenvalue weighted by molar-refractivity contribution is 7.99. The molecule has 1 nitrogen and oxygen atoms in total. The predicted octanol–water partition coefficient (Wildman–Crippen LogP) is 3.68. The van der Waals surface area contributed by atoms with Gasteiger partial charge in [0.2, 0.25) is 0 Å². The predicted molar refractivity (Wildman–Crippen MR) is 71.6 cm³/mol. The van der Waals surface area contributed by atoms with Crippen LogP contribution in [-0.2, 0) is 0 Å². The van der Waals surface area contributed by atoms with Crippen LogP contribution in [0.5, 0.6) is 0 Å². The molecule has 0 aromatic rings. The highest BCUT2D eigenvalue weighted by Crippen LogP contribution is 2.27. The summed E-state index contributed by atoms with van der Waals surface area (Å²) in [5.41, 5.74) is 0. The molecule has 0 amide bonds. The first kappa shape index (κ1) is 13.4. The van der Waals surface area contributed by atoms with Crippen LogP contribution in [0.25, 0.3) is 0 Å². The third-order valence-corrected chi connectivity index (χ3v) is 4.50.